The zero-order chi connectivity index (χ0) is 21.3. The van der Waals surface area contributed by atoms with E-state index in [0.29, 0.717) is 29.0 Å². The Morgan fingerprint density at radius 2 is 1.58 bits per heavy atom. The molecule has 0 unspecified atom stereocenters. The highest BCUT2D eigenvalue weighted by molar-refractivity contribution is 6.44. The maximum atomic E-state index is 13.3. The van der Waals surface area contributed by atoms with Crippen LogP contribution in [0.3, 0.4) is 0 Å². The van der Waals surface area contributed by atoms with Crippen molar-refractivity contribution >= 4 is 17.8 Å². The highest BCUT2D eigenvalue weighted by atomic mass is 19.1. The van der Waals surface area contributed by atoms with E-state index in [1.54, 1.807) is 0 Å². The lowest BCUT2D eigenvalue weighted by Crippen LogP contribution is -2.61. The monoisotopic (exact) mass is 423 g/mol. The number of halogens is 1. The van der Waals surface area contributed by atoms with Crippen molar-refractivity contribution < 1.29 is 23.2 Å². The second-order valence-corrected chi connectivity index (χ2v) is 9.61. The number of hydrogen-bond donors (Lipinski definition) is 0. The van der Waals surface area contributed by atoms with Crippen molar-refractivity contribution in [1.29, 1.82) is 0 Å². The molecule has 1 aliphatic heterocycles. The van der Waals surface area contributed by atoms with Gasteiger partial charge in [0.2, 0.25) is 5.89 Å². The Morgan fingerprint density at radius 1 is 0.968 bits per heavy atom. The molecule has 0 radical (unpaired) electrons. The van der Waals surface area contributed by atoms with E-state index < -0.39 is 23.4 Å². The summed E-state index contributed by atoms with van der Waals surface area (Å²) in [4.78, 5) is 45.5. The molecule has 0 spiro atoms. The van der Waals surface area contributed by atoms with Crippen LogP contribution in [0.5, 0.6) is 0 Å². The SMILES string of the molecule is O=C1C(=O)N(C23CC4CC(CC(C4)C2)C3)C(=O)N1Cc1coc(-c2ccc(F)cc2)n1. The van der Waals surface area contributed by atoms with Gasteiger partial charge < -0.3 is 4.42 Å². The topological polar surface area (TPSA) is 83.7 Å². The molecule has 0 N–H and O–H groups in total. The molecule has 5 aliphatic rings. The number of carbonyl (C=O) groups is 3. The average Bonchev–Trinajstić information content (AvgIpc) is 3.27. The zero-order valence-electron chi connectivity index (χ0n) is 16.9. The van der Waals surface area contributed by atoms with Crippen LogP contribution in [-0.2, 0) is 16.1 Å². The Morgan fingerprint density at radius 3 is 2.19 bits per heavy atom. The van der Waals surface area contributed by atoms with Crippen molar-refractivity contribution in [2.45, 2.75) is 50.6 Å². The number of carbonyl (C=O) groups excluding carboxylic acids is 3. The number of aromatic nitrogens is 1. The Labute approximate surface area is 178 Å². The van der Waals surface area contributed by atoms with Crippen LogP contribution in [0.2, 0.25) is 0 Å². The second-order valence-electron chi connectivity index (χ2n) is 9.61. The standard InChI is InChI=1S/C23H22FN3O4/c24-17-3-1-16(2-4-17)19-25-18(12-31-19)11-26-20(28)21(29)27(22(26)30)23-8-13-5-14(9-23)7-15(6-13)10-23/h1-4,12-15H,5-11H2. The van der Waals surface area contributed by atoms with Crippen LogP contribution in [0.25, 0.3) is 11.5 Å². The van der Waals surface area contributed by atoms with Gasteiger partial charge in [-0.2, -0.15) is 0 Å². The lowest BCUT2D eigenvalue weighted by molar-refractivity contribution is -0.150. The lowest BCUT2D eigenvalue weighted by atomic mass is 9.52. The Hall–Kier alpha value is -3.03. The first-order valence-corrected chi connectivity index (χ1v) is 10.8. The molecule has 4 aliphatic carbocycles. The second kappa shape index (κ2) is 6.48. The molecule has 4 saturated carbocycles. The van der Waals surface area contributed by atoms with Crippen LogP contribution in [0.4, 0.5) is 9.18 Å². The van der Waals surface area contributed by atoms with Crippen molar-refractivity contribution in [2.75, 3.05) is 0 Å². The number of urea groups is 1. The fourth-order valence-corrected chi connectivity index (χ4v) is 6.67. The summed E-state index contributed by atoms with van der Waals surface area (Å²) in [6, 6.07) is 5.14. The number of rotatable bonds is 4. The van der Waals surface area contributed by atoms with E-state index in [0.717, 1.165) is 24.2 Å². The van der Waals surface area contributed by atoms with Crippen LogP contribution in [0.15, 0.2) is 34.9 Å². The quantitative estimate of drug-likeness (QED) is 0.553. The van der Waals surface area contributed by atoms with Gasteiger partial charge in [0.1, 0.15) is 12.1 Å². The average molecular weight is 423 g/mol. The van der Waals surface area contributed by atoms with Crippen LogP contribution >= 0.6 is 0 Å². The van der Waals surface area contributed by atoms with E-state index in [1.165, 1.54) is 54.7 Å². The number of amides is 4. The van der Waals surface area contributed by atoms with Crippen molar-refractivity contribution in [3.05, 3.63) is 42.0 Å². The summed E-state index contributed by atoms with van der Waals surface area (Å²) in [6.07, 6.45) is 7.34. The normalized spacial score (nSPS) is 31.9. The predicted molar refractivity (Wildman–Crippen MR) is 106 cm³/mol. The Balaban J connectivity index is 1.25. The maximum absolute atomic E-state index is 13.3. The van der Waals surface area contributed by atoms with Gasteiger partial charge in [0.05, 0.1) is 17.8 Å². The van der Waals surface area contributed by atoms with E-state index >= 15 is 0 Å². The van der Waals surface area contributed by atoms with Crippen molar-refractivity contribution in [3.8, 4) is 11.5 Å². The number of benzene rings is 1. The minimum Gasteiger partial charge on any atom is -0.444 e. The molecule has 8 heteroatoms. The summed E-state index contributed by atoms with van der Waals surface area (Å²) in [6.45, 7) is -0.128. The first kappa shape index (κ1) is 18.7. The van der Waals surface area contributed by atoms with E-state index in [9.17, 15) is 18.8 Å². The first-order valence-electron chi connectivity index (χ1n) is 10.8. The smallest absolute Gasteiger partial charge is 0.335 e. The predicted octanol–water partition coefficient (Wildman–Crippen LogP) is 3.74. The molecule has 5 fully saturated rings. The third kappa shape index (κ3) is 2.84. The fourth-order valence-electron chi connectivity index (χ4n) is 6.67. The number of hydrogen-bond acceptors (Lipinski definition) is 5. The molecule has 160 valence electrons. The van der Waals surface area contributed by atoms with Gasteiger partial charge in [0, 0.05) is 5.56 Å². The van der Waals surface area contributed by atoms with E-state index in [-0.39, 0.29) is 18.3 Å². The molecule has 31 heavy (non-hydrogen) atoms. The van der Waals surface area contributed by atoms with E-state index in [1.807, 2.05) is 0 Å². The Bertz CT molecular complexity index is 1060. The van der Waals surface area contributed by atoms with Gasteiger partial charge in [-0.3, -0.25) is 9.59 Å². The summed E-state index contributed by atoms with van der Waals surface area (Å²) in [5, 5.41) is 0. The zero-order valence-corrected chi connectivity index (χ0v) is 16.9. The van der Waals surface area contributed by atoms with Crippen LogP contribution in [0, 0.1) is 23.6 Å². The molecular formula is C23H22FN3O4. The fraction of sp³-hybridized carbons (Fsp3) is 0.478. The van der Waals surface area contributed by atoms with E-state index in [2.05, 4.69) is 4.98 Å². The van der Waals surface area contributed by atoms with Gasteiger partial charge in [-0.15, -0.1) is 0 Å². The molecule has 1 saturated heterocycles. The molecule has 1 aromatic carbocycles. The van der Waals surface area contributed by atoms with Gasteiger partial charge in [-0.1, -0.05) is 0 Å². The van der Waals surface area contributed by atoms with Crippen LogP contribution in [-0.4, -0.2) is 38.2 Å². The minimum atomic E-state index is -0.799. The minimum absolute atomic E-state index is 0.128. The summed E-state index contributed by atoms with van der Waals surface area (Å²) >= 11 is 0. The molecule has 4 amide bonds. The summed E-state index contributed by atoms with van der Waals surface area (Å²) in [5.41, 5.74) is 0.440. The maximum Gasteiger partial charge on any atom is 0.335 e. The lowest BCUT2D eigenvalue weighted by Gasteiger charge is -2.58. The van der Waals surface area contributed by atoms with Crippen LogP contribution in [0.1, 0.15) is 44.2 Å². The van der Waals surface area contributed by atoms with Crippen molar-refractivity contribution in [1.82, 2.24) is 14.8 Å². The molecule has 7 nitrogen and oxygen atoms in total. The molecule has 4 bridgehead atoms. The van der Waals surface area contributed by atoms with Crippen molar-refractivity contribution in [3.63, 3.8) is 0 Å². The Kier molecular flexibility index (Phi) is 3.91. The number of nitrogens with zero attached hydrogens (tertiary/aromatic N) is 3. The molecular weight excluding hydrogens is 401 g/mol. The van der Waals surface area contributed by atoms with Crippen LogP contribution < -0.4 is 0 Å². The van der Waals surface area contributed by atoms with Gasteiger partial charge in [0.15, 0.2) is 0 Å². The molecule has 7 rings (SSSR count). The highest BCUT2D eigenvalue weighted by Crippen LogP contribution is 2.58. The largest absolute Gasteiger partial charge is 0.444 e. The van der Waals surface area contributed by atoms with Gasteiger partial charge in [0.25, 0.3) is 0 Å². The summed E-state index contributed by atoms with van der Waals surface area (Å²) in [7, 11) is 0. The first-order chi connectivity index (χ1) is 14.9. The molecule has 2 aromatic rings. The summed E-state index contributed by atoms with van der Waals surface area (Å²) in [5.74, 6) is 0.0196. The molecule has 1 aromatic heterocycles. The highest BCUT2D eigenvalue weighted by Gasteiger charge is 2.61. The summed E-state index contributed by atoms with van der Waals surface area (Å²) < 4.78 is 18.6. The third-order valence-electron chi connectivity index (χ3n) is 7.50. The molecule has 0 atom stereocenters. The van der Waals surface area contributed by atoms with E-state index in [4.69, 9.17) is 4.42 Å². The van der Waals surface area contributed by atoms with Crippen molar-refractivity contribution in [2.24, 2.45) is 17.8 Å². The van der Waals surface area contributed by atoms with Gasteiger partial charge in [-0.25, -0.2) is 24.0 Å². The van der Waals surface area contributed by atoms with Gasteiger partial charge in [-0.05, 0) is 80.5 Å². The third-order valence-corrected chi connectivity index (χ3v) is 7.50. The number of imide groups is 2. The molecule has 2 heterocycles. The van der Waals surface area contributed by atoms with Gasteiger partial charge >= 0.3 is 17.8 Å². The number of oxazole rings is 1.